The van der Waals surface area contributed by atoms with E-state index >= 15 is 0 Å². The Labute approximate surface area is 188 Å². The van der Waals surface area contributed by atoms with Crippen LogP contribution in [-0.2, 0) is 5.41 Å². The molecule has 0 bridgehead atoms. The number of hydrogen-bond donors (Lipinski definition) is 1. The van der Waals surface area contributed by atoms with Gasteiger partial charge in [-0.25, -0.2) is 4.79 Å². The molecule has 0 unspecified atom stereocenters. The van der Waals surface area contributed by atoms with Gasteiger partial charge in [0.25, 0.3) is 5.56 Å². The molecule has 7 heteroatoms. The Balaban J connectivity index is 1.78. The molecule has 1 aliphatic heterocycles. The van der Waals surface area contributed by atoms with Gasteiger partial charge in [0.05, 0.1) is 12.8 Å². The summed E-state index contributed by atoms with van der Waals surface area (Å²) in [5, 5.41) is 11.0. The number of rotatable bonds is 3. The normalized spacial score (nSPS) is 13.8. The number of methoxy groups -OCH3 is 1. The van der Waals surface area contributed by atoms with Crippen LogP contribution in [0.4, 0.5) is 0 Å². The van der Waals surface area contributed by atoms with Gasteiger partial charge in [0.15, 0.2) is 5.75 Å². The van der Waals surface area contributed by atoms with Crippen molar-refractivity contribution < 1.29 is 14.3 Å². The first-order valence-electron chi connectivity index (χ1n) is 10.1. The summed E-state index contributed by atoms with van der Waals surface area (Å²) in [6, 6.07) is 14.7. The predicted octanol–water partition coefficient (Wildman–Crippen LogP) is 4.76. The molecule has 1 aliphatic rings. The lowest BCUT2D eigenvalue weighted by Crippen LogP contribution is -2.24. The van der Waals surface area contributed by atoms with Gasteiger partial charge in [-0.3, -0.25) is 9.36 Å². The number of nitrogens with zero attached hydrogens (tertiary/aromatic N) is 1. The lowest BCUT2D eigenvalue weighted by molar-refractivity contribution is 0.413. The Morgan fingerprint density at radius 2 is 1.88 bits per heavy atom. The van der Waals surface area contributed by atoms with Crippen molar-refractivity contribution in [2.75, 3.05) is 7.11 Å². The Hall–Kier alpha value is -3.45. The highest BCUT2D eigenvalue weighted by Crippen LogP contribution is 2.44. The minimum absolute atomic E-state index is 0.00652. The standard InChI is InChI=1S/C25H21NO5S/c1-13-6-5-7-15(10-13)32-22-21(27)20-18(31-24(22)29)12-19-25(2,3)16-11-14(30-4)8-9-17(16)26(19)23(20)28/h5-12,27H,1-4H3. The largest absolute Gasteiger partial charge is 0.505 e. The van der Waals surface area contributed by atoms with Gasteiger partial charge in [0.1, 0.15) is 21.6 Å². The maximum atomic E-state index is 13.6. The highest BCUT2D eigenvalue weighted by molar-refractivity contribution is 7.99. The molecule has 0 radical (unpaired) electrons. The average molecular weight is 448 g/mol. The Kier molecular flexibility index (Phi) is 4.49. The van der Waals surface area contributed by atoms with Crippen LogP contribution in [0, 0.1) is 6.92 Å². The molecule has 0 fully saturated rings. The van der Waals surface area contributed by atoms with Gasteiger partial charge in [0, 0.05) is 22.1 Å². The average Bonchev–Trinajstić information content (AvgIpc) is 2.97. The zero-order valence-electron chi connectivity index (χ0n) is 18.1. The molecule has 4 aromatic rings. The van der Waals surface area contributed by atoms with E-state index in [1.165, 1.54) is 0 Å². The summed E-state index contributed by atoms with van der Waals surface area (Å²) >= 11 is 1.08. The summed E-state index contributed by atoms with van der Waals surface area (Å²) in [7, 11) is 1.59. The smallest absolute Gasteiger partial charge is 0.354 e. The van der Waals surface area contributed by atoms with E-state index < -0.39 is 16.6 Å². The van der Waals surface area contributed by atoms with E-state index in [0.29, 0.717) is 11.4 Å². The van der Waals surface area contributed by atoms with Crippen LogP contribution < -0.4 is 15.9 Å². The highest BCUT2D eigenvalue weighted by Gasteiger charge is 2.38. The van der Waals surface area contributed by atoms with E-state index in [2.05, 4.69) is 0 Å². The Bertz CT molecular complexity index is 1530. The van der Waals surface area contributed by atoms with Gasteiger partial charge in [-0.2, -0.15) is 0 Å². The fourth-order valence-electron chi connectivity index (χ4n) is 4.30. The number of pyridine rings is 1. The van der Waals surface area contributed by atoms with E-state index in [-0.39, 0.29) is 21.6 Å². The molecule has 2 aromatic carbocycles. The summed E-state index contributed by atoms with van der Waals surface area (Å²) in [6.45, 7) is 5.93. The van der Waals surface area contributed by atoms with E-state index in [0.717, 1.165) is 33.5 Å². The van der Waals surface area contributed by atoms with Crippen molar-refractivity contribution in [3.8, 4) is 17.2 Å². The third-order valence-electron chi connectivity index (χ3n) is 5.98. The predicted molar refractivity (Wildman–Crippen MR) is 124 cm³/mol. The molecule has 5 rings (SSSR count). The number of benzene rings is 2. The van der Waals surface area contributed by atoms with E-state index in [1.807, 2.05) is 57.2 Å². The van der Waals surface area contributed by atoms with Crippen molar-refractivity contribution in [3.05, 3.63) is 86.1 Å². The summed E-state index contributed by atoms with van der Waals surface area (Å²) in [6.07, 6.45) is 0. The van der Waals surface area contributed by atoms with Crippen LogP contribution in [0.2, 0.25) is 0 Å². The van der Waals surface area contributed by atoms with Crippen molar-refractivity contribution >= 4 is 22.7 Å². The van der Waals surface area contributed by atoms with Crippen LogP contribution in [0.15, 0.2) is 72.3 Å². The van der Waals surface area contributed by atoms with E-state index in [9.17, 15) is 14.7 Å². The molecule has 3 heterocycles. The SMILES string of the molecule is COc1ccc2c(c1)C(C)(C)c1cc3oc(=O)c(Sc4cccc(C)c4)c(O)c3c(=O)n1-2. The molecule has 0 saturated heterocycles. The van der Waals surface area contributed by atoms with Gasteiger partial charge in [0.2, 0.25) is 0 Å². The molecule has 6 nitrogen and oxygen atoms in total. The number of fused-ring (bicyclic) bond motifs is 4. The zero-order chi connectivity index (χ0) is 22.8. The van der Waals surface area contributed by atoms with Crippen LogP contribution in [0.1, 0.15) is 30.7 Å². The molecular weight excluding hydrogens is 426 g/mol. The van der Waals surface area contributed by atoms with Crippen molar-refractivity contribution in [2.24, 2.45) is 0 Å². The molecule has 2 aromatic heterocycles. The van der Waals surface area contributed by atoms with E-state index in [4.69, 9.17) is 9.15 Å². The van der Waals surface area contributed by atoms with Crippen LogP contribution in [0.3, 0.4) is 0 Å². The highest BCUT2D eigenvalue weighted by atomic mass is 32.2. The van der Waals surface area contributed by atoms with Crippen molar-refractivity contribution in [1.82, 2.24) is 4.57 Å². The number of aromatic nitrogens is 1. The summed E-state index contributed by atoms with van der Waals surface area (Å²) in [5.74, 6) is 0.330. The molecule has 0 spiro atoms. The van der Waals surface area contributed by atoms with Gasteiger partial charge in [-0.15, -0.1) is 0 Å². The molecule has 0 amide bonds. The molecule has 162 valence electrons. The number of aromatic hydroxyl groups is 1. The molecule has 1 N–H and O–H groups in total. The first kappa shape index (κ1) is 20.5. The monoisotopic (exact) mass is 447 g/mol. The van der Waals surface area contributed by atoms with Crippen LogP contribution in [0.5, 0.6) is 11.5 Å². The summed E-state index contributed by atoms with van der Waals surface area (Å²) in [5.41, 5.74) is 1.77. The van der Waals surface area contributed by atoms with Crippen molar-refractivity contribution in [3.63, 3.8) is 0 Å². The fraction of sp³-hybridized carbons (Fsp3) is 0.200. The Morgan fingerprint density at radius 3 is 2.59 bits per heavy atom. The van der Waals surface area contributed by atoms with Gasteiger partial charge < -0.3 is 14.3 Å². The third-order valence-corrected chi connectivity index (χ3v) is 7.03. The quantitative estimate of drug-likeness (QED) is 0.488. The molecule has 32 heavy (non-hydrogen) atoms. The minimum atomic E-state index is -0.680. The lowest BCUT2D eigenvalue weighted by Gasteiger charge is -2.20. The van der Waals surface area contributed by atoms with Gasteiger partial charge >= 0.3 is 5.63 Å². The molecular formula is C25H21NO5S. The second-order valence-electron chi connectivity index (χ2n) is 8.40. The number of hydrogen-bond acceptors (Lipinski definition) is 6. The molecule has 0 aliphatic carbocycles. The van der Waals surface area contributed by atoms with Crippen LogP contribution >= 0.6 is 11.8 Å². The lowest BCUT2D eigenvalue weighted by atomic mass is 9.83. The molecule has 0 saturated carbocycles. The topological polar surface area (TPSA) is 81.7 Å². The number of ether oxygens (including phenoxy) is 1. The third kappa shape index (κ3) is 2.88. The zero-order valence-corrected chi connectivity index (χ0v) is 18.9. The minimum Gasteiger partial charge on any atom is -0.505 e. The molecule has 0 atom stereocenters. The Morgan fingerprint density at radius 1 is 1.09 bits per heavy atom. The number of aryl methyl sites for hydroxylation is 1. The van der Waals surface area contributed by atoms with Crippen molar-refractivity contribution in [2.45, 2.75) is 36.0 Å². The summed E-state index contributed by atoms with van der Waals surface area (Å²) in [4.78, 5) is 27.1. The maximum absolute atomic E-state index is 13.6. The van der Waals surface area contributed by atoms with Crippen molar-refractivity contribution in [1.29, 1.82) is 0 Å². The van der Waals surface area contributed by atoms with E-state index in [1.54, 1.807) is 23.8 Å². The van der Waals surface area contributed by atoms with Crippen LogP contribution in [0.25, 0.3) is 16.7 Å². The first-order chi connectivity index (χ1) is 15.2. The second kappa shape index (κ2) is 7.03. The van der Waals surface area contributed by atoms with Gasteiger partial charge in [-0.1, -0.05) is 43.3 Å². The maximum Gasteiger partial charge on any atom is 0.354 e. The summed E-state index contributed by atoms with van der Waals surface area (Å²) < 4.78 is 12.5. The van der Waals surface area contributed by atoms with Gasteiger partial charge in [-0.05, 0) is 42.8 Å². The fourth-order valence-corrected chi connectivity index (χ4v) is 5.25. The first-order valence-corrected chi connectivity index (χ1v) is 10.9. The van der Waals surface area contributed by atoms with Crippen LogP contribution in [-0.4, -0.2) is 16.8 Å². The second-order valence-corrected chi connectivity index (χ2v) is 9.49.